The average molecular weight is 438 g/mol. The van der Waals surface area contributed by atoms with Crippen molar-refractivity contribution in [2.24, 2.45) is 17.8 Å². The molecule has 8 heteroatoms. The second-order valence-corrected chi connectivity index (χ2v) is 9.16. The van der Waals surface area contributed by atoms with Gasteiger partial charge in [0.15, 0.2) is 6.61 Å². The fraction of sp³-hybridized carbons (Fsp3) is 0.636. The number of ether oxygens (including phenoxy) is 1. The molecule has 2 aliphatic carbocycles. The summed E-state index contributed by atoms with van der Waals surface area (Å²) < 4.78 is 18.9. The number of piperidine rings is 1. The molecule has 2 saturated carbocycles. The number of nitrogens with one attached hydrogen (secondary N) is 3. The van der Waals surface area contributed by atoms with Gasteiger partial charge < -0.3 is 20.7 Å². The van der Waals surface area contributed by atoms with Crippen LogP contribution >= 0.6 is 11.6 Å². The molecule has 2 amide bonds. The third-order valence-corrected chi connectivity index (χ3v) is 7.12. The molecule has 3 N–H and O–H groups in total. The van der Waals surface area contributed by atoms with E-state index in [4.69, 9.17) is 16.3 Å². The highest BCUT2D eigenvalue weighted by atomic mass is 35.5. The zero-order valence-electron chi connectivity index (χ0n) is 17.0. The van der Waals surface area contributed by atoms with Crippen LogP contribution in [0.4, 0.5) is 4.39 Å². The van der Waals surface area contributed by atoms with Crippen LogP contribution in [-0.4, -0.2) is 43.6 Å². The number of benzene rings is 1. The Morgan fingerprint density at radius 3 is 2.37 bits per heavy atom. The van der Waals surface area contributed by atoms with Crippen LogP contribution in [0, 0.1) is 23.6 Å². The first-order chi connectivity index (χ1) is 14.5. The van der Waals surface area contributed by atoms with Crippen molar-refractivity contribution in [1.82, 2.24) is 16.0 Å². The van der Waals surface area contributed by atoms with Gasteiger partial charge in [-0.3, -0.25) is 9.59 Å². The third-order valence-electron chi connectivity index (χ3n) is 6.81. The van der Waals surface area contributed by atoms with Crippen molar-refractivity contribution in [2.45, 2.75) is 50.6 Å². The summed E-state index contributed by atoms with van der Waals surface area (Å²) in [6.07, 6.45) is 5.63. The minimum Gasteiger partial charge on any atom is -0.484 e. The average Bonchev–Trinajstić information content (AvgIpc) is 2.90. The normalized spacial score (nSPS) is 28.3. The van der Waals surface area contributed by atoms with Crippen LogP contribution in [0.5, 0.6) is 5.75 Å². The fourth-order valence-corrected chi connectivity index (χ4v) is 5.20. The lowest BCUT2D eigenvalue weighted by molar-refractivity contribution is -0.124. The van der Waals surface area contributed by atoms with Crippen LogP contribution in [0.3, 0.4) is 0 Å². The second-order valence-electron chi connectivity index (χ2n) is 8.75. The van der Waals surface area contributed by atoms with Crippen molar-refractivity contribution in [3.05, 3.63) is 29.0 Å². The lowest BCUT2D eigenvalue weighted by Gasteiger charge is -2.36. The standard InChI is InChI=1S/C22H29ClFN3O3/c23-17-4-1-14(10-18(17)24)30-12-22(29)27-20-11-19(15-2-3-16(15)20)26-21(28)9-13-5-7-25-8-6-13/h1,4,10,13,15-16,19-20,25H,2-3,5-9,11-12H2,(H,26,28)(H,27,29)/t15?,16?,19-,20?/m0/s1. The van der Waals surface area contributed by atoms with Crippen LogP contribution in [0.1, 0.15) is 38.5 Å². The monoisotopic (exact) mass is 437 g/mol. The first-order valence-corrected chi connectivity index (χ1v) is 11.2. The van der Waals surface area contributed by atoms with Gasteiger partial charge in [0.2, 0.25) is 5.91 Å². The Morgan fingerprint density at radius 1 is 1.07 bits per heavy atom. The lowest BCUT2D eigenvalue weighted by atomic mass is 9.73. The molecule has 6 nitrogen and oxygen atoms in total. The SMILES string of the molecule is O=C(COc1ccc(Cl)c(F)c1)NC1C[C@H](NC(=O)CC2CCNCC2)C2CCC12. The molecule has 1 aliphatic heterocycles. The van der Waals surface area contributed by atoms with Gasteiger partial charge in [0.05, 0.1) is 5.02 Å². The minimum atomic E-state index is -0.578. The molecule has 4 atom stereocenters. The highest BCUT2D eigenvalue weighted by molar-refractivity contribution is 6.30. The molecule has 0 spiro atoms. The number of carbonyl (C=O) groups excluding carboxylic acids is 2. The highest BCUT2D eigenvalue weighted by Gasteiger charge is 2.49. The van der Waals surface area contributed by atoms with Crippen molar-refractivity contribution in [3.8, 4) is 5.75 Å². The molecule has 1 aromatic rings. The Bertz CT molecular complexity index is 787. The lowest BCUT2D eigenvalue weighted by Crippen LogP contribution is -2.44. The summed E-state index contributed by atoms with van der Waals surface area (Å²) in [4.78, 5) is 24.8. The van der Waals surface area contributed by atoms with Gasteiger partial charge in [0.1, 0.15) is 11.6 Å². The third kappa shape index (κ3) is 5.06. The summed E-state index contributed by atoms with van der Waals surface area (Å²) in [5.74, 6) is 0.911. The van der Waals surface area contributed by atoms with Gasteiger partial charge in [-0.2, -0.15) is 0 Å². The molecular weight excluding hydrogens is 409 g/mol. The second kappa shape index (κ2) is 9.52. The molecule has 0 bridgehead atoms. The van der Waals surface area contributed by atoms with Crippen LogP contribution in [0.25, 0.3) is 0 Å². The van der Waals surface area contributed by atoms with E-state index in [9.17, 15) is 14.0 Å². The molecule has 3 aliphatic rings. The van der Waals surface area contributed by atoms with E-state index >= 15 is 0 Å². The van der Waals surface area contributed by atoms with E-state index in [1.807, 2.05) is 0 Å². The number of carbonyl (C=O) groups is 2. The molecule has 3 unspecified atom stereocenters. The molecule has 4 rings (SSSR count). The maximum Gasteiger partial charge on any atom is 0.258 e. The van der Waals surface area contributed by atoms with E-state index < -0.39 is 5.82 Å². The Kier molecular flexibility index (Phi) is 6.78. The molecule has 0 aromatic heterocycles. The Labute approximate surface area is 181 Å². The zero-order valence-corrected chi connectivity index (χ0v) is 17.7. The van der Waals surface area contributed by atoms with Crippen LogP contribution in [0.15, 0.2) is 18.2 Å². The topological polar surface area (TPSA) is 79.5 Å². The molecular formula is C22H29ClFN3O3. The Morgan fingerprint density at radius 2 is 1.73 bits per heavy atom. The number of hydrogen-bond donors (Lipinski definition) is 3. The van der Waals surface area contributed by atoms with E-state index in [1.165, 1.54) is 18.2 Å². The highest BCUT2D eigenvalue weighted by Crippen LogP contribution is 2.47. The Balaban J connectivity index is 1.23. The molecule has 164 valence electrons. The largest absolute Gasteiger partial charge is 0.484 e. The summed E-state index contributed by atoms with van der Waals surface area (Å²) in [6.45, 7) is 1.80. The van der Waals surface area contributed by atoms with Gasteiger partial charge in [-0.05, 0) is 75.1 Å². The van der Waals surface area contributed by atoms with Gasteiger partial charge in [0, 0.05) is 24.6 Å². The molecule has 3 fully saturated rings. The number of hydrogen-bond acceptors (Lipinski definition) is 4. The van der Waals surface area contributed by atoms with Crippen LogP contribution in [-0.2, 0) is 9.59 Å². The maximum absolute atomic E-state index is 13.5. The van der Waals surface area contributed by atoms with E-state index in [-0.39, 0.29) is 41.3 Å². The fourth-order valence-electron chi connectivity index (χ4n) is 5.08. The molecule has 1 aromatic carbocycles. The van der Waals surface area contributed by atoms with Crippen molar-refractivity contribution < 1.29 is 18.7 Å². The van der Waals surface area contributed by atoms with Crippen molar-refractivity contribution >= 4 is 23.4 Å². The summed E-state index contributed by atoms with van der Waals surface area (Å²) in [5.41, 5.74) is 0. The van der Waals surface area contributed by atoms with Crippen molar-refractivity contribution in [3.63, 3.8) is 0 Å². The van der Waals surface area contributed by atoms with E-state index in [1.54, 1.807) is 0 Å². The first-order valence-electron chi connectivity index (χ1n) is 10.9. The predicted octanol–water partition coefficient (Wildman–Crippen LogP) is 2.65. The summed E-state index contributed by atoms with van der Waals surface area (Å²) >= 11 is 5.65. The summed E-state index contributed by atoms with van der Waals surface area (Å²) in [7, 11) is 0. The smallest absolute Gasteiger partial charge is 0.258 e. The van der Waals surface area contributed by atoms with Gasteiger partial charge in [0.25, 0.3) is 5.91 Å². The predicted molar refractivity (Wildman–Crippen MR) is 112 cm³/mol. The van der Waals surface area contributed by atoms with Gasteiger partial charge in [-0.25, -0.2) is 4.39 Å². The number of rotatable bonds is 7. The molecule has 0 radical (unpaired) electrons. The summed E-state index contributed by atoms with van der Waals surface area (Å²) in [6, 6.07) is 4.28. The summed E-state index contributed by atoms with van der Waals surface area (Å²) in [5, 5.41) is 9.62. The Hall–Kier alpha value is -1.86. The quantitative estimate of drug-likeness (QED) is 0.612. The molecule has 1 saturated heterocycles. The molecule has 1 heterocycles. The maximum atomic E-state index is 13.5. The van der Waals surface area contributed by atoms with E-state index in [2.05, 4.69) is 16.0 Å². The number of halogens is 2. The van der Waals surface area contributed by atoms with Crippen LogP contribution in [0.2, 0.25) is 5.02 Å². The van der Waals surface area contributed by atoms with Crippen molar-refractivity contribution in [1.29, 1.82) is 0 Å². The number of amides is 2. The van der Waals surface area contributed by atoms with Crippen LogP contribution < -0.4 is 20.7 Å². The van der Waals surface area contributed by atoms with Gasteiger partial charge in [-0.15, -0.1) is 0 Å². The first kappa shape index (κ1) is 21.4. The van der Waals surface area contributed by atoms with Crippen molar-refractivity contribution in [2.75, 3.05) is 19.7 Å². The van der Waals surface area contributed by atoms with Gasteiger partial charge >= 0.3 is 0 Å². The number of fused-ring (bicyclic) bond motifs is 1. The van der Waals surface area contributed by atoms with Gasteiger partial charge in [-0.1, -0.05) is 11.6 Å². The van der Waals surface area contributed by atoms with E-state index in [0.29, 0.717) is 24.2 Å². The van der Waals surface area contributed by atoms with E-state index in [0.717, 1.165) is 45.2 Å². The molecule has 30 heavy (non-hydrogen) atoms. The minimum absolute atomic E-state index is 0.0158. The zero-order chi connectivity index (χ0) is 21.1.